The highest BCUT2D eigenvalue weighted by Crippen LogP contribution is 2.43. The van der Waals surface area contributed by atoms with Crippen molar-refractivity contribution in [2.75, 3.05) is 20.0 Å². The molecule has 98 valence electrons. The van der Waals surface area contributed by atoms with E-state index in [2.05, 4.69) is 4.74 Å². The van der Waals surface area contributed by atoms with Crippen LogP contribution in [0.15, 0.2) is 11.0 Å². The molecular weight excluding hydrogens is 260 g/mol. The minimum Gasteiger partial charge on any atom is -0.507 e. The van der Waals surface area contributed by atoms with Crippen molar-refractivity contribution < 1.29 is 29.3 Å². The van der Waals surface area contributed by atoms with Gasteiger partial charge in [-0.3, -0.25) is 9.59 Å². The molecule has 0 heterocycles. The molecule has 1 aromatic rings. The molecule has 6 nitrogen and oxygen atoms in total. The highest BCUT2D eigenvalue weighted by molar-refractivity contribution is 8.00. The molecule has 0 aromatic heterocycles. The maximum atomic E-state index is 11.0. The molecule has 0 bridgehead atoms. The van der Waals surface area contributed by atoms with Gasteiger partial charge in [0.2, 0.25) is 0 Å². The summed E-state index contributed by atoms with van der Waals surface area (Å²) in [7, 11) is 2.54. The van der Waals surface area contributed by atoms with Crippen molar-refractivity contribution in [3.8, 4) is 17.2 Å². The number of esters is 1. The van der Waals surface area contributed by atoms with E-state index in [0.717, 1.165) is 17.8 Å². The topological polar surface area (TPSA) is 93.1 Å². The summed E-state index contributed by atoms with van der Waals surface area (Å²) in [6, 6.07) is 1.13. The molecule has 0 atom stereocenters. The molecule has 2 N–H and O–H groups in total. The van der Waals surface area contributed by atoms with E-state index in [0.29, 0.717) is 6.29 Å². The molecular formula is C11H12O6S. The van der Waals surface area contributed by atoms with Gasteiger partial charge in [-0.05, 0) is 0 Å². The summed E-state index contributed by atoms with van der Waals surface area (Å²) in [6.07, 6.45) is 0.397. The lowest BCUT2D eigenvalue weighted by atomic mass is 10.2. The molecule has 7 heteroatoms. The summed E-state index contributed by atoms with van der Waals surface area (Å²) in [4.78, 5) is 22.0. The molecule has 0 spiro atoms. The van der Waals surface area contributed by atoms with Crippen LogP contribution in [0.4, 0.5) is 0 Å². The molecule has 0 radical (unpaired) electrons. The Morgan fingerprint density at radius 2 is 2.11 bits per heavy atom. The highest BCUT2D eigenvalue weighted by Gasteiger charge is 2.19. The minimum atomic E-state index is -0.515. The number of methoxy groups -OCH3 is 2. The van der Waals surface area contributed by atoms with Gasteiger partial charge in [-0.15, -0.1) is 11.8 Å². The van der Waals surface area contributed by atoms with Crippen LogP contribution in [0.5, 0.6) is 17.2 Å². The van der Waals surface area contributed by atoms with E-state index in [1.54, 1.807) is 0 Å². The van der Waals surface area contributed by atoms with Crippen LogP contribution in [-0.4, -0.2) is 42.4 Å². The van der Waals surface area contributed by atoms with Crippen LogP contribution >= 0.6 is 11.8 Å². The van der Waals surface area contributed by atoms with E-state index in [9.17, 15) is 19.8 Å². The molecule has 0 amide bonds. The molecule has 0 saturated heterocycles. The molecule has 0 aliphatic rings. The summed E-state index contributed by atoms with van der Waals surface area (Å²) in [5.41, 5.74) is -0.0952. The number of hydrogen-bond donors (Lipinski definition) is 2. The van der Waals surface area contributed by atoms with Crippen LogP contribution in [0.3, 0.4) is 0 Å². The number of aromatic hydroxyl groups is 2. The maximum absolute atomic E-state index is 11.0. The van der Waals surface area contributed by atoms with Crippen LogP contribution in [-0.2, 0) is 9.53 Å². The van der Waals surface area contributed by atoms with E-state index in [-0.39, 0.29) is 33.5 Å². The van der Waals surface area contributed by atoms with E-state index in [1.807, 2.05) is 0 Å². The first-order valence-electron chi connectivity index (χ1n) is 4.82. The van der Waals surface area contributed by atoms with Crippen molar-refractivity contribution in [3.05, 3.63) is 11.6 Å². The maximum Gasteiger partial charge on any atom is 0.315 e. The summed E-state index contributed by atoms with van der Waals surface area (Å²) in [5.74, 6) is -1.22. The first kappa shape index (κ1) is 14.2. The second-order valence-corrected chi connectivity index (χ2v) is 4.16. The molecule has 0 aliphatic heterocycles. The predicted octanol–water partition coefficient (Wildman–Crippen LogP) is 1.18. The molecule has 18 heavy (non-hydrogen) atoms. The lowest BCUT2D eigenvalue weighted by Gasteiger charge is -2.12. The third kappa shape index (κ3) is 2.86. The van der Waals surface area contributed by atoms with Gasteiger partial charge in [-0.25, -0.2) is 0 Å². The Bertz CT molecular complexity index is 471. The number of carbonyl (C=O) groups is 2. The fourth-order valence-electron chi connectivity index (χ4n) is 1.23. The van der Waals surface area contributed by atoms with Crippen molar-refractivity contribution in [1.82, 2.24) is 0 Å². The number of hydrogen-bond acceptors (Lipinski definition) is 7. The standard InChI is InChI=1S/C11H12O6S/c1-16-8-3-7(13)6(4-12)11(10(8)15)18-5-9(14)17-2/h3-4,13,15H,5H2,1-2H3. The lowest BCUT2D eigenvalue weighted by Crippen LogP contribution is -2.03. The van der Waals surface area contributed by atoms with Gasteiger partial charge in [-0.2, -0.15) is 0 Å². The first-order chi connectivity index (χ1) is 8.54. The van der Waals surface area contributed by atoms with E-state index in [4.69, 9.17) is 4.74 Å². The van der Waals surface area contributed by atoms with Gasteiger partial charge in [0.25, 0.3) is 0 Å². The molecule has 0 fully saturated rings. The third-order valence-corrected chi connectivity index (χ3v) is 3.22. The monoisotopic (exact) mass is 272 g/mol. The molecule has 1 rings (SSSR count). The molecule has 1 aromatic carbocycles. The fourth-order valence-corrected chi connectivity index (χ4v) is 2.16. The zero-order valence-electron chi connectivity index (χ0n) is 9.80. The van der Waals surface area contributed by atoms with E-state index < -0.39 is 5.97 Å². The van der Waals surface area contributed by atoms with Crippen LogP contribution in [0.1, 0.15) is 10.4 Å². The van der Waals surface area contributed by atoms with Gasteiger partial charge in [0, 0.05) is 6.07 Å². The van der Waals surface area contributed by atoms with E-state index >= 15 is 0 Å². The Morgan fingerprint density at radius 3 is 2.61 bits per heavy atom. The van der Waals surface area contributed by atoms with Gasteiger partial charge in [0.05, 0.1) is 30.4 Å². The van der Waals surface area contributed by atoms with Gasteiger partial charge in [-0.1, -0.05) is 0 Å². The Hall–Kier alpha value is -1.89. The van der Waals surface area contributed by atoms with Crippen LogP contribution in [0.2, 0.25) is 0 Å². The fraction of sp³-hybridized carbons (Fsp3) is 0.273. The quantitative estimate of drug-likeness (QED) is 0.360. The summed E-state index contributed by atoms with van der Waals surface area (Å²) in [6.45, 7) is 0. The second kappa shape index (κ2) is 6.15. The number of carbonyl (C=O) groups excluding carboxylic acids is 2. The SMILES string of the molecule is COC(=O)CSc1c(O)c(OC)cc(O)c1C=O. The highest BCUT2D eigenvalue weighted by atomic mass is 32.2. The number of phenolic OH excluding ortho intramolecular Hbond substituents is 2. The number of ether oxygens (including phenoxy) is 2. The lowest BCUT2D eigenvalue weighted by molar-refractivity contribution is -0.137. The smallest absolute Gasteiger partial charge is 0.315 e. The Morgan fingerprint density at radius 1 is 1.44 bits per heavy atom. The second-order valence-electron chi connectivity index (χ2n) is 3.17. The Balaban J connectivity index is 3.17. The van der Waals surface area contributed by atoms with Gasteiger partial charge in [0.1, 0.15) is 5.75 Å². The molecule has 0 unspecified atom stereocenters. The normalized spacial score (nSPS) is 9.89. The zero-order valence-corrected chi connectivity index (χ0v) is 10.6. The van der Waals surface area contributed by atoms with Crippen LogP contribution in [0, 0.1) is 0 Å². The number of rotatable bonds is 5. The zero-order chi connectivity index (χ0) is 13.7. The largest absolute Gasteiger partial charge is 0.507 e. The average Bonchev–Trinajstić information content (AvgIpc) is 2.38. The summed E-state index contributed by atoms with van der Waals surface area (Å²) in [5, 5.41) is 19.4. The van der Waals surface area contributed by atoms with Crippen LogP contribution in [0.25, 0.3) is 0 Å². The van der Waals surface area contributed by atoms with Crippen LogP contribution < -0.4 is 4.74 Å². The predicted molar refractivity (Wildman–Crippen MR) is 64.5 cm³/mol. The number of thioether (sulfide) groups is 1. The Labute approximate surface area is 108 Å². The van der Waals surface area contributed by atoms with Crippen molar-refractivity contribution >= 4 is 24.0 Å². The molecule has 0 aliphatic carbocycles. The van der Waals surface area contributed by atoms with Gasteiger partial charge in [0.15, 0.2) is 17.8 Å². The number of benzene rings is 1. The number of aldehydes is 1. The van der Waals surface area contributed by atoms with Crippen molar-refractivity contribution in [2.24, 2.45) is 0 Å². The van der Waals surface area contributed by atoms with E-state index in [1.165, 1.54) is 14.2 Å². The van der Waals surface area contributed by atoms with Gasteiger partial charge < -0.3 is 19.7 Å². The average molecular weight is 272 g/mol. The third-order valence-electron chi connectivity index (χ3n) is 2.14. The van der Waals surface area contributed by atoms with Gasteiger partial charge >= 0.3 is 5.97 Å². The Kier molecular flexibility index (Phi) is 4.85. The van der Waals surface area contributed by atoms with Crippen molar-refractivity contribution in [3.63, 3.8) is 0 Å². The summed E-state index contributed by atoms with van der Waals surface area (Å²) < 4.78 is 9.29. The first-order valence-corrected chi connectivity index (χ1v) is 5.81. The minimum absolute atomic E-state index is 0.0189. The van der Waals surface area contributed by atoms with Crippen molar-refractivity contribution in [2.45, 2.75) is 4.90 Å². The summed E-state index contributed by atoms with van der Waals surface area (Å²) >= 11 is 0.879. The number of phenols is 2. The van der Waals surface area contributed by atoms with Crippen molar-refractivity contribution in [1.29, 1.82) is 0 Å². The molecule has 0 saturated carbocycles.